The Balaban J connectivity index is 1.92. The van der Waals surface area contributed by atoms with Crippen molar-refractivity contribution in [2.75, 3.05) is 6.54 Å². The summed E-state index contributed by atoms with van der Waals surface area (Å²) in [5.41, 5.74) is 1.65. The molecule has 6 heteroatoms. The predicted octanol–water partition coefficient (Wildman–Crippen LogP) is 3.97. The van der Waals surface area contributed by atoms with Gasteiger partial charge in [-0.05, 0) is 45.7 Å². The van der Waals surface area contributed by atoms with Gasteiger partial charge in [-0.15, -0.1) is 0 Å². The highest BCUT2D eigenvalue weighted by Gasteiger charge is 2.31. The molecule has 0 atom stereocenters. The molecule has 0 aromatic carbocycles. The molecule has 0 radical (unpaired) electrons. The van der Waals surface area contributed by atoms with E-state index in [9.17, 15) is 4.79 Å². The van der Waals surface area contributed by atoms with E-state index in [4.69, 9.17) is 14.2 Å². The fraction of sp³-hybridized carbons (Fsp3) is 0.444. The molecule has 24 heavy (non-hydrogen) atoms. The summed E-state index contributed by atoms with van der Waals surface area (Å²) in [7, 11) is 0. The summed E-state index contributed by atoms with van der Waals surface area (Å²) in [6, 6.07) is 3.72. The van der Waals surface area contributed by atoms with Crippen molar-refractivity contribution < 1.29 is 19.0 Å². The summed E-state index contributed by atoms with van der Waals surface area (Å²) in [6.07, 6.45) is 7.59. The molecule has 0 N–H and O–H groups in total. The molecule has 0 aliphatic carbocycles. The van der Waals surface area contributed by atoms with Crippen LogP contribution in [0.1, 0.15) is 51.2 Å². The number of hydrogen-bond donors (Lipinski definition) is 0. The number of aromatic nitrogens is 1. The molecule has 1 aromatic heterocycles. The van der Waals surface area contributed by atoms with E-state index in [1.165, 1.54) is 12.5 Å². The summed E-state index contributed by atoms with van der Waals surface area (Å²) in [5.74, 6) is 0. The van der Waals surface area contributed by atoms with E-state index in [-0.39, 0.29) is 6.09 Å². The quantitative estimate of drug-likeness (QED) is 0.821. The maximum Gasteiger partial charge on any atom is 0.414 e. The summed E-state index contributed by atoms with van der Waals surface area (Å²) in [5, 5.41) is 0. The van der Waals surface area contributed by atoms with Crippen LogP contribution in [0.5, 0.6) is 0 Å². The Kier molecular flexibility index (Phi) is 4.46. The maximum atomic E-state index is 12.6. The minimum Gasteiger partial charge on any atom is -0.455 e. The second-order valence-electron chi connectivity index (χ2n) is 6.68. The summed E-state index contributed by atoms with van der Waals surface area (Å²) in [6.45, 7) is 6.17. The predicted molar refractivity (Wildman–Crippen MR) is 88.4 cm³/mol. The SMILES string of the molecule is CC(C)(C)OC(=O)N1CCCC=C1c1ncccc1C1OC=CO1. The number of allylic oxidation sites excluding steroid dienone is 1. The Bertz CT molecular complexity index is 668. The highest BCUT2D eigenvalue weighted by Crippen LogP contribution is 2.33. The van der Waals surface area contributed by atoms with Crippen LogP contribution in [0, 0.1) is 0 Å². The first-order valence-electron chi connectivity index (χ1n) is 8.07. The van der Waals surface area contributed by atoms with Crippen LogP contribution in [-0.4, -0.2) is 28.1 Å². The average molecular weight is 330 g/mol. The molecule has 0 bridgehead atoms. The van der Waals surface area contributed by atoms with E-state index in [1.807, 2.05) is 39.0 Å². The van der Waals surface area contributed by atoms with Crippen molar-refractivity contribution >= 4 is 11.8 Å². The molecule has 0 spiro atoms. The molecule has 1 aromatic rings. The monoisotopic (exact) mass is 330 g/mol. The van der Waals surface area contributed by atoms with Crippen molar-refractivity contribution in [2.24, 2.45) is 0 Å². The third kappa shape index (κ3) is 3.53. The lowest BCUT2D eigenvalue weighted by molar-refractivity contribution is -0.0252. The largest absolute Gasteiger partial charge is 0.455 e. The zero-order chi connectivity index (χ0) is 17.2. The van der Waals surface area contributed by atoms with Gasteiger partial charge in [0.15, 0.2) is 0 Å². The number of hydrogen-bond acceptors (Lipinski definition) is 5. The van der Waals surface area contributed by atoms with Crippen LogP contribution in [0.15, 0.2) is 36.9 Å². The van der Waals surface area contributed by atoms with Gasteiger partial charge in [0.2, 0.25) is 0 Å². The number of ether oxygens (including phenoxy) is 3. The van der Waals surface area contributed by atoms with Crippen LogP contribution >= 0.6 is 0 Å². The molecule has 3 heterocycles. The first-order valence-corrected chi connectivity index (χ1v) is 8.07. The van der Waals surface area contributed by atoms with Gasteiger partial charge in [-0.1, -0.05) is 6.08 Å². The van der Waals surface area contributed by atoms with Gasteiger partial charge in [0, 0.05) is 12.7 Å². The summed E-state index contributed by atoms with van der Waals surface area (Å²) >= 11 is 0. The number of carbonyl (C=O) groups excluding carboxylic acids is 1. The van der Waals surface area contributed by atoms with Crippen LogP contribution in [0.4, 0.5) is 4.79 Å². The molecule has 2 aliphatic heterocycles. The first-order chi connectivity index (χ1) is 11.5. The maximum absolute atomic E-state index is 12.6. The number of amides is 1. The van der Waals surface area contributed by atoms with Crippen LogP contribution in [-0.2, 0) is 14.2 Å². The number of carbonyl (C=O) groups is 1. The second-order valence-corrected chi connectivity index (χ2v) is 6.68. The molecule has 0 unspecified atom stereocenters. The lowest BCUT2D eigenvalue weighted by atomic mass is 10.0. The first kappa shape index (κ1) is 16.4. The highest BCUT2D eigenvalue weighted by atomic mass is 16.7. The molecule has 0 saturated carbocycles. The standard InChI is InChI=1S/C18H22N2O4/c1-18(2,3)24-17(21)20-10-5-4-8-14(20)15-13(7-6-9-19-15)16-22-11-12-23-16/h6-9,11-12,16H,4-5,10H2,1-3H3. The average Bonchev–Trinajstić information content (AvgIpc) is 3.07. The van der Waals surface area contributed by atoms with Gasteiger partial charge < -0.3 is 14.2 Å². The second kappa shape index (κ2) is 6.55. The van der Waals surface area contributed by atoms with E-state index in [0.717, 1.165) is 24.1 Å². The molecule has 3 rings (SSSR count). The van der Waals surface area contributed by atoms with Gasteiger partial charge in [-0.2, -0.15) is 0 Å². The van der Waals surface area contributed by atoms with Gasteiger partial charge in [-0.3, -0.25) is 9.88 Å². The lowest BCUT2D eigenvalue weighted by Crippen LogP contribution is -2.38. The van der Waals surface area contributed by atoms with Crippen molar-refractivity contribution in [1.82, 2.24) is 9.88 Å². The Hall–Kier alpha value is -2.50. The van der Waals surface area contributed by atoms with E-state index < -0.39 is 11.9 Å². The minimum absolute atomic E-state index is 0.364. The van der Waals surface area contributed by atoms with Crippen molar-refractivity contribution in [3.63, 3.8) is 0 Å². The van der Waals surface area contributed by atoms with E-state index in [0.29, 0.717) is 12.2 Å². The van der Waals surface area contributed by atoms with E-state index in [2.05, 4.69) is 4.98 Å². The number of nitrogens with zero attached hydrogens (tertiary/aromatic N) is 2. The molecular formula is C18H22N2O4. The Labute approximate surface area is 141 Å². The minimum atomic E-state index is -0.547. The molecule has 0 saturated heterocycles. The van der Waals surface area contributed by atoms with Crippen molar-refractivity contribution in [2.45, 2.75) is 45.5 Å². The Morgan fingerprint density at radius 3 is 2.79 bits per heavy atom. The van der Waals surface area contributed by atoms with Crippen molar-refractivity contribution in [3.05, 3.63) is 48.2 Å². The van der Waals surface area contributed by atoms with Crippen LogP contribution in [0.3, 0.4) is 0 Å². The van der Waals surface area contributed by atoms with E-state index >= 15 is 0 Å². The highest BCUT2D eigenvalue weighted by molar-refractivity contribution is 5.82. The molecular weight excluding hydrogens is 308 g/mol. The smallest absolute Gasteiger partial charge is 0.414 e. The Morgan fingerprint density at radius 2 is 2.08 bits per heavy atom. The molecule has 2 aliphatic rings. The topological polar surface area (TPSA) is 60.9 Å². The fourth-order valence-corrected chi connectivity index (χ4v) is 2.66. The van der Waals surface area contributed by atoms with Crippen LogP contribution in [0.2, 0.25) is 0 Å². The summed E-state index contributed by atoms with van der Waals surface area (Å²) < 4.78 is 16.4. The van der Waals surface area contributed by atoms with E-state index in [1.54, 1.807) is 11.1 Å². The molecule has 1 amide bonds. The van der Waals surface area contributed by atoms with Gasteiger partial charge in [-0.25, -0.2) is 4.79 Å². The van der Waals surface area contributed by atoms with Crippen LogP contribution < -0.4 is 0 Å². The van der Waals surface area contributed by atoms with Gasteiger partial charge in [0.05, 0.1) is 17.0 Å². The van der Waals surface area contributed by atoms with Gasteiger partial charge in [0.25, 0.3) is 6.29 Å². The molecule has 6 nitrogen and oxygen atoms in total. The van der Waals surface area contributed by atoms with Crippen LogP contribution in [0.25, 0.3) is 5.70 Å². The summed E-state index contributed by atoms with van der Waals surface area (Å²) in [4.78, 5) is 18.7. The van der Waals surface area contributed by atoms with Crippen molar-refractivity contribution in [3.8, 4) is 0 Å². The molecule has 128 valence electrons. The van der Waals surface area contributed by atoms with Gasteiger partial charge >= 0.3 is 6.09 Å². The lowest BCUT2D eigenvalue weighted by Gasteiger charge is -2.31. The normalized spacial score (nSPS) is 18.0. The van der Waals surface area contributed by atoms with Gasteiger partial charge in [0.1, 0.15) is 18.1 Å². The third-order valence-corrected chi connectivity index (χ3v) is 3.62. The molecule has 0 fully saturated rings. The van der Waals surface area contributed by atoms with Crippen molar-refractivity contribution in [1.29, 1.82) is 0 Å². The fourth-order valence-electron chi connectivity index (χ4n) is 2.66. The zero-order valence-electron chi connectivity index (χ0n) is 14.2. The number of rotatable bonds is 2. The zero-order valence-corrected chi connectivity index (χ0v) is 14.2. The number of pyridine rings is 1. The Morgan fingerprint density at radius 1 is 1.33 bits per heavy atom. The third-order valence-electron chi connectivity index (χ3n) is 3.62.